The molecule has 0 aliphatic carbocycles. The van der Waals surface area contributed by atoms with E-state index in [2.05, 4.69) is 17.2 Å². The van der Waals surface area contributed by atoms with Crippen molar-refractivity contribution in [2.45, 2.75) is 13.3 Å². The molecular formula is C17H16N2O. The highest BCUT2D eigenvalue weighted by atomic mass is 16.1. The van der Waals surface area contributed by atoms with Gasteiger partial charge in [-0.3, -0.25) is 4.79 Å². The smallest absolute Gasteiger partial charge is 0.224 e. The van der Waals surface area contributed by atoms with Crippen molar-refractivity contribution in [3.63, 3.8) is 0 Å². The molecule has 2 aromatic carbocycles. The summed E-state index contributed by atoms with van der Waals surface area (Å²) in [6.45, 7) is 1.81. The van der Waals surface area contributed by atoms with Gasteiger partial charge in [0, 0.05) is 23.2 Å². The zero-order valence-corrected chi connectivity index (χ0v) is 11.3. The number of rotatable bonds is 2. The first-order chi connectivity index (χ1) is 9.70. The predicted molar refractivity (Wildman–Crippen MR) is 82.2 cm³/mol. The number of hydrogen-bond donors (Lipinski definition) is 2. The van der Waals surface area contributed by atoms with Crippen LogP contribution in [-0.4, -0.2) is 5.91 Å². The van der Waals surface area contributed by atoms with Crippen LogP contribution in [0.2, 0.25) is 0 Å². The van der Waals surface area contributed by atoms with Crippen LogP contribution in [0.4, 0.5) is 11.4 Å². The summed E-state index contributed by atoms with van der Waals surface area (Å²) in [6.07, 6.45) is 0.438. The second kappa shape index (κ2) is 6.44. The molecule has 2 rings (SSSR count). The van der Waals surface area contributed by atoms with Crippen LogP contribution in [0.1, 0.15) is 24.5 Å². The molecule has 0 radical (unpaired) electrons. The third-order valence-corrected chi connectivity index (χ3v) is 2.81. The molecule has 0 aliphatic heterocycles. The molecule has 0 atom stereocenters. The average Bonchev–Trinajstić information content (AvgIpc) is 2.47. The SMILES string of the molecule is CCC(=O)Nc1ccccc1C#Cc1ccccc1N. The van der Waals surface area contributed by atoms with E-state index in [4.69, 9.17) is 5.73 Å². The fourth-order valence-electron chi connectivity index (χ4n) is 1.69. The third-order valence-electron chi connectivity index (χ3n) is 2.81. The Morgan fingerprint density at radius 2 is 1.65 bits per heavy atom. The van der Waals surface area contributed by atoms with E-state index in [1.54, 1.807) is 0 Å². The van der Waals surface area contributed by atoms with Crippen LogP contribution in [0.3, 0.4) is 0 Å². The molecule has 0 fully saturated rings. The van der Waals surface area contributed by atoms with Crippen molar-refractivity contribution in [1.82, 2.24) is 0 Å². The number of anilines is 2. The Hall–Kier alpha value is -2.73. The highest BCUT2D eigenvalue weighted by Crippen LogP contribution is 2.15. The lowest BCUT2D eigenvalue weighted by Crippen LogP contribution is -2.10. The molecule has 3 nitrogen and oxygen atoms in total. The van der Waals surface area contributed by atoms with Gasteiger partial charge < -0.3 is 11.1 Å². The Morgan fingerprint density at radius 1 is 1.05 bits per heavy atom. The van der Waals surface area contributed by atoms with Crippen molar-refractivity contribution >= 4 is 17.3 Å². The van der Waals surface area contributed by atoms with Crippen molar-refractivity contribution in [3.05, 3.63) is 59.7 Å². The maximum absolute atomic E-state index is 11.5. The number of benzene rings is 2. The molecule has 0 unspecified atom stereocenters. The van der Waals surface area contributed by atoms with Crippen LogP contribution in [0.15, 0.2) is 48.5 Å². The van der Waals surface area contributed by atoms with E-state index in [9.17, 15) is 4.79 Å². The second-order valence-corrected chi connectivity index (χ2v) is 4.28. The maximum atomic E-state index is 11.5. The first-order valence-electron chi connectivity index (χ1n) is 6.46. The van der Waals surface area contributed by atoms with Gasteiger partial charge in [0.05, 0.1) is 5.69 Å². The Bertz CT molecular complexity index is 681. The quantitative estimate of drug-likeness (QED) is 0.647. The molecule has 2 aromatic rings. The van der Waals surface area contributed by atoms with Gasteiger partial charge in [-0.15, -0.1) is 0 Å². The van der Waals surface area contributed by atoms with Gasteiger partial charge in [-0.2, -0.15) is 0 Å². The van der Waals surface area contributed by atoms with E-state index in [-0.39, 0.29) is 5.91 Å². The number of hydrogen-bond acceptors (Lipinski definition) is 2. The summed E-state index contributed by atoms with van der Waals surface area (Å²) in [7, 11) is 0. The summed E-state index contributed by atoms with van der Waals surface area (Å²) in [5.41, 5.74) is 8.78. The van der Waals surface area contributed by atoms with E-state index in [0.29, 0.717) is 12.1 Å². The molecule has 0 aromatic heterocycles. The second-order valence-electron chi connectivity index (χ2n) is 4.28. The van der Waals surface area contributed by atoms with Gasteiger partial charge >= 0.3 is 0 Å². The Kier molecular flexibility index (Phi) is 4.41. The number of carbonyl (C=O) groups excluding carboxylic acids is 1. The highest BCUT2D eigenvalue weighted by molar-refractivity contribution is 5.92. The molecule has 0 aliphatic rings. The number of nitrogens with two attached hydrogens (primary N) is 1. The number of carbonyl (C=O) groups is 1. The molecule has 0 spiro atoms. The predicted octanol–water partition coefficient (Wildman–Crippen LogP) is 3.02. The van der Waals surface area contributed by atoms with E-state index in [1.807, 2.05) is 55.5 Å². The lowest BCUT2D eigenvalue weighted by atomic mass is 10.1. The summed E-state index contributed by atoms with van der Waals surface area (Å²) >= 11 is 0. The molecule has 3 N–H and O–H groups in total. The standard InChI is InChI=1S/C17H16N2O/c1-2-17(20)19-16-10-6-4-8-14(16)12-11-13-7-3-5-9-15(13)18/h3-10H,2,18H2,1H3,(H,19,20). The molecule has 0 bridgehead atoms. The lowest BCUT2D eigenvalue weighted by molar-refractivity contribution is -0.115. The number of nitrogen functional groups attached to an aromatic ring is 1. The van der Waals surface area contributed by atoms with E-state index in [1.165, 1.54) is 0 Å². The van der Waals surface area contributed by atoms with Crippen molar-refractivity contribution < 1.29 is 4.79 Å². The van der Waals surface area contributed by atoms with Crippen molar-refractivity contribution in [2.75, 3.05) is 11.1 Å². The van der Waals surface area contributed by atoms with Crippen molar-refractivity contribution in [2.24, 2.45) is 0 Å². The zero-order valence-electron chi connectivity index (χ0n) is 11.3. The van der Waals surface area contributed by atoms with E-state index in [0.717, 1.165) is 16.8 Å². The molecule has 1 amide bonds. The normalized spacial score (nSPS) is 9.45. The lowest BCUT2D eigenvalue weighted by Gasteiger charge is -2.05. The molecule has 0 saturated carbocycles. The van der Waals surface area contributed by atoms with Crippen LogP contribution >= 0.6 is 0 Å². The first-order valence-corrected chi connectivity index (χ1v) is 6.46. The molecule has 100 valence electrons. The van der Waals surface area contributed by atoms with Crippen LogP contribution in [0.5, 0.6) is 0 Å². The van der Waals surface area contributed by atoms with Gasteiger partial charge in [0.15, 0.2) is 0 Å². The van der Waals surface area contributed by atoms with Crippen molar-refractivity contribution in [3.8, 4) is 11.8 Å². The van der Waals surface area contributed by atoms with Gasteiger partial charge in [0.2, 0.25) is 5.91 Å². The summed E-state index contributed by atoms with van der Waals surface area (Å²) in [5.74, 6) is 6.06. The minimum absolute atomic E-state index is 0.0292. The molecule has 0 heterocycles. The highest BCUT2D eigenvalue weighted by Gasteiger charge is 2.02. The van der Waals surface area contributed by atoms with E-state index < -0.39 is 0 Å². The van der Waals surface area contributed by atoms with Crippen LogP contribution < -0.4 is 11.1 Å². The fraction of sp³-hybridized carbons (Fsp3) is 0.118. The minimum Gasteiger partial charge on any atom is -0.398 e. The number of para-hydroxylation sites is 2. The summed E-state index contributed by atoms with van der Waals surface area (Å²) < 4.78 is 0. The number of amides is 1. The maximum Gasteiger partial charge on any atom is 0.224 e. The van der Waals surface area contributed by atoms with Gasteiger partial charge in [-0.25, -0.2) is 0 Å². The molecule has 3 heteroatoms. The van der Waals surface area contributed by atoms with Gasteiger partial charge in [-0.1, -0.05) is 43.0 Å². The molecular weight excluding hydrogens is 248 g/mol. The monoisotopic (exact) mass is 264 g/mol. The largest absolute Gasteiger partial charge is 0.398 e. The molecule has 20 heavy (non-hydrogen) atoms. The van der Waals surface area contributed by atoms with Gasteiger partial charge in [0.1, 0.15) is 0 Å². The van der Waals surface area contributed by atoms with Crippen LogP contribution in [0, 0.1) is 11.8 Å². The Labute approximate surface area is 118 Å². The number of nitrogens with one attached hydrogen (secondary N) is 1. The Morgan fingerprint density at radius 3 is 2.35 bits per heavy atom. The zero-order chi connectivity index (χ0) is 14.4. The first kappa shape index (κ1) is 13.7. The topological polar surface area (TPSA) is 55.1 Å². The van der Waals surface area contributed by atoms with Crippen LogP contribution in [-0.2, 0) is 4.79 Å². The summed E-state index contributed by atoms with van der Waals surface area (Å²) in [6, 6.07) is 14.9. The third kappa shape index (κ3) is 3.39. The van der Waals surface area contributed by atoms with E-state index >= 15 is 0 Å². The van der Waals surface area contributed by atoms with Crippen LogP contribution in [0.25, 0.3) is 0 Å². The fourth-order valence-corrected chi connectivity index (χ4v) is 1.69. The average molecular weight is 264 g/mol. The Balaban J connectivity index is 2.31. The van der Waals surface area contributed by atoms with Crippen molar-refractivity contribution in [1.29, 1.82) is 0 Å². The van der Waals surface area contributed by atoms with Gasteiger partial charge in [-0.05, 0) is 24.3 Å². The summed E-state index contributed by atoms with van der Waals surface area (Å²) in [4.78, 5) is 11.5. The minimum atomic E-state index is -0.0292. The van der Waals surface area contributed by atoms with Gasteiger partial charge in [0.25, 0.3) is 0 Å². The molecule has 0 saturated heterocycles. The summed E-state index contributed by atoms with van der Waals surface area (Å²) in [5, 5.41) is 2.84.